The molecule has 0 saturated heterocycles. The number of alkyl halides is 3. The van der Waals surface area contributed by atoms with Crippen LogP contribution in [-0.2, 0) is 10.8 Å². The van der Waals surface area contributed by atoms with Crippen molar-refractivity contribution in [2.75, 3.05) is 19.1 Å². The van der Waals surface area contributed by atoms with Crippen molar-refractivity contribution in [3.05, 3.63) is 0 Å². The molecule has 0 aliphatic heterocycles. The van der Waals surface area contributed by atoms with Gasteiger partial charge < -0.3 is 5.11 Å². The molecule has 0 aliphatic rings. The van der Waals surface area contributed by atoms with Crippen molar-refractivity contribution in [1.29, 1.82) is 0 Å². The number of hydrogen-bond donors (Lipinski definition) is 1. The molecular formula is C5H13Cl3O2S. The molecule has 0 heterocycles. The van der Waals surface area contributed by atoms with E-state index in [0.29, 0.717) is 0 Å². The van der Waals surface area contributed by atoms with Crippen LogP contribution in [0, 0.1) is 0 Å². The Balaban J connectivity index is -0.0000000886. The molecule has 11 heavy (non-hydrogen) atoms. The maximum atomic E-state index is 9.56. The van der Waals surface area contributed by atoms with Crippen molar-refractivity contribution in [1.82, 2.24) is 0 Å². The summed E-state index contributed by atoms with van der Waals surface area (Å²) in [6.07, 6.45) is 3.28. The normalized spacial score (nSPS) is 8.09. The lowest BCUT2D eigenvalue weighted by atomic mass is 10.9. The Hall–Kier alpha value is 0.980. The van der Waals surface area contributed by atoms with E-state index in [4.69, 9.17) is 39.9 Å². The smallest absolute Gasteiger partial charge is 0.180 e. The first-order valence-electron chi connectivity index (χ1n) is 2.66. The maximum Gasteiger partial charge on any atom is 0.180 e. The monoisotopic (exact) mass is 242 g/mol. The van der Waals surface area contributed by atoms with E-state index in [1.165, 1.54) is 0 Å². The third-order valence-corrected chi connectivity index (χ3v) is 0. The number of rotatable bonds is 0. The highest BCUT2D eigenvalue weighted by Gasteiger charge is 1.78. The summed E-state index contributed by atoms with van der Waals surface area (Å²) in [5.41, 5.74) is 0. The van der Waals surface area contributed by atoms with Gasteiger partial charge in [0, 0.05) is 29.9 Å². The zero-order valence-electron chi connectivity index (χ0n) is 6.68. The fourth-order valence-electron chi connectivity index (χ4n) is 0. The number of halogens is 3. The molecule has 2 nitrogen and oxygen atoms in total. The highest BCUT2D eigenvalue weighted by Crippen LogP contribution is 2.03. The van der Waals surface area contributed by atoms with Gasteiger partial charge in [-0.2, -0.15) is 0 Å². The van der Waals surface area contributed by atoms with E-state index in [1.54, 1.807) is 19.4 Å². The summed E-state index contributed by atoms with van der Waals surface area (Å²) in [7, 11) is -0.611. The van der Waals surface area contributed by atoms with Crippen LogP contribution in [-0.4, -0.2) is 32.7 Å². The Bertz CT molecular complexity index is 73.4. The lowest BCUT2D eigenvalue weighted by Gasteiger charge is -1.69. The molecule has 0 fully saturated rings. The standard InChI is InChI=1S/C2H6OS.C2H6O.CHCl3/c1-4(2)3;1-2-3;2-1(3)4/h1-2H3;3H,2H2,1H3;1H. The molecular weight excluding hydrogens is 230 g/mol. The summed E-state index contributed by atoms with van der Waals surface area (Å²) in [5, 5.41) is 7.57. The molecule has 0 saturated carbocycles. The Labute approximate surface area is 85.3 Å². The molecule has 72 valence electrons. The number of aliphatic hydroxyl groups is 1. The van der Waals surface area contributed by atoms with E-state index in [9.17, 15) is 4.21 Å². The van der Waals surface area contributed by atoms with Gasteiger partial charge >= 0.3 is 0 Å². The minimum atomic E-state index is -0.750. The van der Waals surface area contributed by atoms with Gasteiger partial charge in [-0.25, -0.2) is 0 Å². The second-order valence-electron chi connectivity index (χ2n) is 1.31. The SMILES string of the molecule is CCO.CS(C)=O.ClC(Cl)Cl. The lowest BCUT2D eigenvalue weighted by molar-refractivity contribution is 0.318. The van der Waals surface area contributed by atoms with Gasteiger partial charge in [0.05, 0.1) is 0 Å². The topological polar surface area (TPSA) is 37.3 Å². The molecule has 0 aromatic rings. The molecule has 0 atom stereocenters. The van der Waals surface area contributed by atoms with Crippen molar-refractivity contribution >= 4 is 45.6 Å². The third-order valence-electron chi connectivity index (χ3n) is 0. The quantitative estimate of drug-likeness (QED) is 0.661. The number of aliphatic hydroxyl groups excluding tert-OH is 1. The fraction of sp³-hybridized carbons (Fsp3) is 1.00. The average molecular weight is 244 g/mol. The van der Waals surface area contributed by atoms with Crippen LogP contribution in [0.3, 0.4) is 0 Å². The first-order valence-corrected chi connectivity index (χ1v) is 5.94. The zero-order chi connectivity index (χ0) is 9.86. The van der Waals surface area contributed by atoms with Gasteiger partial charge in [0.2, 0.25) is 0 Å². The largest absolute Gasteiger partial charge is 0.397 e. The molecule has 0 aromatic heterocycles. The molecule has 1 N–H and O–H groups in total. The lowest BCUT2D eigenvalue weighted by Crippen LogP contribution is -1.70. The van der Waals surface area contributed by atoms with Crippen LogP contribution in [0.1, 0.15) is 6.92 Å². The molecule has 0 unspecified atom stereocenters. The maximum absolute atomic E-state index is 9.56. The van der Waals surface area contributed by atoms with Crippen molar-refractivity contribution in [3.8, 4) is 0 Å². The van der Waals surface area contributed by atoms with Gasteiger partial charge in [-0.05, 0) is 6.92 Å². The van der Waals surface area contributed by atoms with E-state index in [-0.39, 0.29) is 6.61 Å². The Kier molecular flexibility index (Phi) is 28.0. The van der Waals surface area contributed by atoms with Crippen molar-refractivity contribution in [3.63, 3.8) is 0 Å². The molecule has 6 heteroatoms. The second kappa shape index (κ2) is 17.2. The summed E-state index contributed by atoms with van der Waals surface area (Å²) in [5.74, 6) is 0. The van der Waals surface area contributed by atoms with Crippen LogP contribution < -0.4 is 0 Å². The zero-order valence-corrected chi connectivity index (χ0v) is 9.77. The molecule has 0 spiro atoms. The minimum Gasteiger partial charge on any atom is -0.397 e. The summed E-state index contributed by atoms with van der Waals surface area (Å²) < 4.78 is 8.81. The summed E-state index contributed by atoms with van der Waals surface area (Å²) in [6, 6.07) is 0. The minimum absolute atomic E-state index is 0.250. The predicted molar refractivity (Wildman–Crippen MR) is 54.1 cm³/mol. The average Bonchev–Trinajstić information content (AvgIpc) is 1.60. The van der Waals surface area contributed by atoms with Gasteiger partial charge in [0.1, 0.15) is 0 Å². The van der Waals surface area contributed by atoms with Gasteiger partial charge in [0.25, 0.3) is 0 Å². The summed E-state index contributed by atoms with van der Waals surface area (Å²) in [6.45, 7) is 1.93. The Morgan fingerprint density at radius 3 is 1.36 bits per heavy atom. The number of hydrogen-bond acceptors (Lipinski definition) is 2. The van der Waals surface area contributed by atoms with Gasteiger partial charge in [0.15, 0.2) is 4.30 Å². The molecule has 0 amide bonds. The van der Waals surface area contributed by atoms with E-state index in [1.807, 2.05) is 0 Å². The molecule has 0 bridgehead atoms. The van der Waals surface area contributed by atoms with Crippen molar-refractivity contribution < 1.29 is 9.32 Å². The van der Waals surface area contributed by atoms with E-state index >= 15 is 0 Å². The van der Waals surface area contributed by atoms with Gasteiger partial charge in [-0.1, -0.05) is 34.8 Å². The summed E-state index contributed by atoms with van der Waals surface area (Å²) in [4.78, 5) is 0. The van der Waals surface area contributed by atoms with Gasteiger partial charge in [-0.3, -0.25) is 4.21 Å². The van der Waals surface area contributed by atoms with E-state index < -0.39 is 15.1 Å². The van der Waals surface area contributed by atoms with Crippen LogP contribution in [0.2, 0.25) is 0 Å². The first kappa shape index (κ1) is 17.9. The summed E-state index contributed by atoms with van der Waals surface area (Å²) >= 11 is 14.4. The highest BCUT2D eigenvalue weighted by molar-refractivity contribution is 7.83. The van der Waals surface area contributed by atoms with Crippen LogP contribution in [0.4, 0.5) is 0 Å². The molecule has 0 aliphatic carbocycles. The van der Waals surface area contributed by atoms with Crippen LogP contribution in [0.15, 0.2) is 0 Å². The fourth-order valence-corrected chi connectivity index (χ4v) is 0. The predicted octanol–water partition coefficient (Wildman–Crippen LogP) is 1.98. The van der Waals surface area contributed by atoms with Gasteiger partial charge in [-0.15, -0.1) is 0 Å². The molecule has 0 rings (SSSR count). The van der Waals surface area contributed by atoms with E-state index in [2.05, 4.69) is 0 Å². The Morgan fingerprint density at radius 1 is 1.36 bits per heavy atom. The first-order chi connectivity index (χ1) is 4.88. The second-order valence-corrected chi connectivity index (χ2v) is 4.77. The van der Waals surface area contributed by atoms with E-state index in [0.717, 1.165) is 0 Å². The van der Waals surface area contributed by atoms with Crippen LogP contribution in [0.25, 0.3) is 0 Å². The molecule has 0 aromatic carbocycles. The Morgan fingerprint density at radius 2 is 1.36 bits per heavy atom. The van der Waals surface area contributed by atoms with Crippen LogP contribution >= 0.6 is 34.8 Å². The highest BCUT2D eigenvalue weighted by atomic mass is 35.6. The van der Waals surface area contributed by atoms with Crippen molar-refractivity contribution in [2.24, 2.45) is 0 Å². The van der Waals surface area contributed by atoms with Crippen molar-refractivity contribution in [2.45, 2.75) is 11.2 Å². The third kappa shape index (κ3) is 922. The molecule has 0 radical (unpaired) electrons. The van der Waals surface area contributed by atoms with Crippen LogP contribution in [0.5, 0.6) is 0 Å².